The van der Waals surface area contributed by atoms with E-state index in [-0.39, 0.29) is 24.0 Å². The van der Waals surface area contributed by atoms with Crippen molar-refractivity contribution in [3.05, 3.63) is 141 Å². The van der Waals surface area contributed by atoms with Crippen LogP contribution in [0.5, 0.6) is 28.7 Å². The average molecular weight is 860 g/mol. The van der Waals surface area contributed by atoms with Crippen LogP contribution in [0.3, 0.4) is 0 Å². The lowest BCUT2D eigenvalue weighted by molar-refractivity contribution is 0.0923. The molecule has 0 aliphatic carbocycles. The van der Waals surface area contributed by atoms with Gasteiger partial charge in [-0.3, -0.25) is 0 Å². The highest BCUT2D eigenvalue weighted by Crippen LogP contribution is 2.38. The fourth-order valence-corrected chi connectivity index (χ4v) is 8.11. The van der Waals surface area contributed by atoms with Gasteiger partial charge in [0.25, 0.3) is 0 Å². The standard InChI is InChI=1S/C52H66BNO9/c1-51(2,3)43-22-37-29-60-30-38-23-44(52(4,5)6)25-40(49(38)58-9)32-62-34-42-27-46(26-41(50(42)59-10)33-61-31-39(24-43)48(37)57-8)63-45-19-17-35(18-20-45)14-13-21-54(7)28-36-15-11-12-16-47(36)53(55)56/h11-12,15-20,22-27,55-56H,13-14,21,28-34H2,1-10H3. The van der Waals surface area contributed by atoms with E-state index in [1.165, 1.54) is 5.56 Å². The van der Waals surface area contributed by atoms with E-state index >= 15 is 0 Å². The Labute approximate surface area is 375 Å². The molecule has 0 radical (unpaired) electrons. The summed E-state index contributed by atoms with van der Waals surface area (Å²) < 4.78 is 44.2. The Bertz CT molecular complexity index is 2200. The molecule has 1 heterocycles. The molecular formula is C52H66BNO9. The second-order valence-electron chi connectivity index (χ2n) is 18.6. The number of methoxy groups -OCH3 is 3. The Morgan fingerprint density at radius 3 is 1.38 bits per heavy atom. The molecule has 0 aromatic heterocycles. The molecule has 0 saturated carbocycles. The zero-order valence-corrected chi connectivity index (χ0v) is 38.9. The van der Waals surface area contributed by atoms with Gasteiger partial charge in [0.05, 0.1) is 61.0 Å². The van der Waals surface area contributed by atoms with Crippen molar-refractivity contribution in [2.75, 3.05) is 34.9 Å². The van der Waals surface area contributed by atoms with E-state index in [2.05, 4.69) is 89.9 Å². The molecule has 0 unspecified atom stereocenters. The molecule has 10 nitrogen and oxygen atoms in total. The fraction of sp³-hybridized carbons (Fsp3) is 0.423. The second kappa shape index (κ2) is 21.2. The first-order chi connectivity index (χ1) is 30.1. The van der Waals surface area contributed by atoms with E-state index in [1.807, 2.05) is 42.5 Å². The van der Waals surface area contributed by atoms with Gasteiger partial charge in [0.15, 0.2) is 0 Å². The molecule has 0 saturated heterocycles. The zero-order chi connectivity index (χ0) is 45.3. The number of benzene rings is 5. The minimum Gasteiger partial charge on any atom is -0.496 e. The van der Waals surface area contributed by atoms with Crippen LogP contribution in [-0.2, 0) is 77.6 Å². The molecular weight excluding hydrogens is 793 g/mol. The van der Waals surface area contributed by atoms with Crippen molar-refractivity contribution in [2.24, 2.45) is 0 Å². The molecule has 11 heteroatoms. The lowest BCUT2D eigenvalue weighted by Gasteiger charge is -2.25. The first-order valence-corrected chi connectivity index (χ1v) is 21.8. The number of ether oxygens (including phenoxy) is 7. The summed E-state index contributed by atoms with van der Waals surface area (Å²) in [6.07, 6.45) is 1.84. The number of aryl methyl sites for hydroxylation is 1. The third-order valence-corrected chi connectivity index (χ3v) is 11.5. The molecule has 63 heavy (non-hydrogen) atoms. The van der Waals surface area contributed by atoms with Gasteiger partial charge in [0, 0.05) is 39.9 Å². The molecule has 0 spiro atoms. The highest BCUT2D eigenvalue weighted by atomic mass is 16.5. The lowest BCUT2D eigenvalue weighted by Crippen LogP contribution is -2.35. The van der Waals surface area contributed by atoms with E-state index in [1.54, 1.807) is 27.4 Å². The Morgan fingerprint density at radius 1 is 0.571 bits per heavy atom. The van der Waals surface area contributed by atoms with Crippen LogP contribution in [0.1, 0.15) is 104 Å². The van der Waals surface area contributed by atoms with E-state index < -0.39 is 7.12 Å². The van der Waals surface area contributed by atoms with Gasteiger partial charge in [0.2, 0.25) is 0 Å². The molecule has 6 bridgehead atoms. The van der Waals surface area contributed by atoms with Crippen LogP contribution in [0, 0.1) is 0 Å². The van der Waals surface area contributed by atoms with Crippen molar-refractivity contribution >= 4 is 12.6 Å². The van der Waals surface area contributed by atoms with Crippen molar-refractivity contribution in [3.8, 4) is 28.7 Å². The van der Waals surface area contributed by atoms with Crippen molar-refractivity contribution < 1.29 is 43.2 Å². The minimum atomic E-state index is -1.48. The summed E-state index contributed by atoms with van der Waals surface area (Å²) in [6.45, 7) is 16.5. The van der Waals surface area contributed by atoms with Crippen LogP contribution in [0.15, 0.2) is 84.9 Å². The van der Waals surface area contributed by atoms with Crippen LogP contribution >= 0.6 is 0 Å². The summed E-state index contributed by atoms with van der Waals surface area (Å²) in [5, 5.41) is 19.5. The van der Waals surface area contributed by atoms with E-state index in [4.69, 9.17) is 33.2 Å². The summed E-state index contributed by atoms with van der Waals surface area (Å²) in [4.78, 5) is 2.20. The second-order valence-corrected chi connectivity index (χ2v) is 18.6. The number of hydrogen-bond acceptors (Lipinski definition) is 10. The third-order valence-electron chi connectivity index (χ3n) is 11.5. The maximum absolute atomic E-state index is 9.77. The van der Waals surface area contributed by atoms with E-state index in [0.29, 0.717) is 55.7 Å². The molecule has 0 atom stereocenters. The summed E-state index contributed by atoms with van der Waals surface area (Å²) >= 11 is 0. The molecule has 5 aromatic carbocycles. The smallest absolute Gasteiger partial charge is 0.488 e. The first kappa shape index (κ1) is 47.6. The highest BCUT2D eigenvalue weighted by molar-refractivity contribution is 6.59. The van der Waals surface area contributed by atoms with Gasteiger partial charge in [-0.05, 0) is 114 Å². The van der Waals surface area contributed by atoms with Crippen molar-refractivity contribution in [3.63, 3.8) is 0 Å². The lowest BCUT2D eigenvalue weighted by atomic mass is 9.77. The van der Waals surface area contributed by atoms with Gasteiger partial charge in [-0.15, -0.1) is 0 Å². The largest absolute Gasteiger partial charge is 0.496 e. The number of rotatable bonds is 12. The van der Waals surface area contributed by atoms with Crippen molar-refractivity contribution in [1.82, 2.24) is 4.90 Å². The highest BCUT2D eigenvalue weighted by Gasteiger charge is 2.24. The van der Waals surface area contributed by atoms with Crippen LogP contribution in [0.25, 0.3) is 0 Å². The Hall–Kier alpha value is -4.88. The first-order valence-electron chi connectivity index (χ1n) is 21.8. The van der Waals surface area contributed by atoms with Gasteiger partial charge < -0.3 is 48.1 Å². The molecule has 6 rings (SSSR count). The fourth-order valence-electron chi connectivity index (χ4n) is 8.11. The Morgan fingerprint density at radius 2 is 0.984 bits per heavy atom. The number of fused-ring (bicyclic) bond motifs is 6. The van der Waals surface area contributed by atoms with Crippen molar-refractivity contribution in [1.29, 1.82) is 0 Å². The summed E-state index contributed by atoms with van der Waals surface area (Å²) in [6, 6.07) is 28.3. The molecule has 0 amide bonds. The average Bonchev–Trinajstić information content (AvgIpc) is 3.23. The topological polar surface area (TPSA) is 108 Å². The minimum absolute atomic E-state index is 0.120. The molecule has 0 fully saturated rings. The van der Waals surface area contributed by atoms with Crippen LogP contribution in [0.4, 0.5) is 0 Å². The Balaban J connectivity index is 1.27. The van der Waals surface area contributed by atoms with Crippen LogP contribution in [0.2, 0.25) is 0 Å². The summed E-state index contributed by atoms with van der Waals surface area (Å²) in [5.41, 5.74) is 10.2. The van der Waals surface area contributed by atoms with Gasteiger partial charge in [-0.1, -0.05) is 77.9 Å². The van der Waals surface area contributed by atoms with E-state index in [9.17, 15) is 10.0 Å². The summed E-state index contributed by atoms with van der Waals surface area (Å²) in [5.74, 6) is 3.53. The normalized spacial score (nSPS) is 13.9. The number of nitrogens with zero attached hydrogens (tertiary/aromatic N) is 1. The maximum atomic E-state index is 9.77. The SMILES string of the molecule is COc1c2cc(Oc3ccc(CCCN(C)Cc4ccccc4B(O)O)cc3)cc1COCc1cc(C(C)(C)C)cc(c1OC)COCc1cc(C(C)(C)C)cc(c1OC)COC2. The van der Waals surface area contributed by atoms with Gasteiger partial charge in [-0.25, -0.2) is 0 Å². The van der Waals surface area contributed by atoms with Gasteiger partial charge in [-0.2, -0.15) is 0 Å². The number of hydrogen-bond donors (Lipinski definition) is 2. The predicted molar refractivity (Wildman–Crippen MR) is 249 cm³/mol. The van der Waals surface area contributed by atoms with Crippen LogP contribution in [-0.4, -0.2) is 57.0 Å². The Kier molecular flexibility index (Phi) is 16.0. The molecule has 2 N–H and O–H groups in total. The third kappa shape index (κ3) is 12.4. The molecule has 336 valence electrons. The molecule has 1 aliphatic rings. The quantitative estimate of drug-likeness (QED) is 0.118. The molecule has 5 aromatic rings. The maximum Gasteiger partial charge on any atom is 0.488 e. The predicted octanol–water partition coefficient (Wildman–Crippen LogP) is 9.31. The van der Waals surface area contributed by atoms with Crippen LogP contribution < -0.4 is 24.4 Å². The zero-order valence-electron chi connectivity index (χ0n) is 38.9. The van der Waals surface area contributed by atoms with Gasteiger partial charge >= 0.3 is 7.12 Å². The monoisotopic (exact) mass is 859 g/mol. The summed E-state index contributed by atoms with van der Waals surface area (Å²) in [7, 11) is 5.64. The van der Waals surface area contributed by atoms with Gasteiger partial charge in [0.1, 0.15) is 28.7 Å². The molecule has 1 aliphatic heterocycles. The van der Waals surface area contributed by atoms with E-state index in [0.717, 1.165) is 81.0 Å². The van der Waals surface area contributed by atoms with Crippen molar-refractivity contribution in [2.45, 2.75) is 111 Å².